The lowest BCUT2D eigenvalue weighted by Gasteiger charge is -2.09. The number of halogens is 2. The lowest BCUT2D eigenvalue weighted by Crippen LogP contribution is -1.97. The molecule has 0 aliphatic carbocycles. The molecule has 2 aromatic carbocycles. The molecule has 0 unspecified atom stereocenters. The summed E-state index contributed by atoms with van der Waals surface area (Å²) in [6.45, 7) is 0. The summed E-state index contributed by atoms with van der Waals surface area (Å²) in [6.07, 6.45) is 0. The molecular formula is C13H9FINO4. The highest BCUT2D eigenvalue weighted by Crippen LogP contribution is 2.35. The van der Waals surface area contributed by atoms with Gasteiger partial charge >= 0.3 is 5.69 Å². The Bertz CT molecular complexity index is 663. The Kier molecular flexibility index (Phi) is 4.38. The Morgan fingerprint density at radius 3 is 2.60 bits per heavy atom. The highest BCUT2D eigenvalue weighted by molar-refractivity contribution is 14.1. The maximum atomic E-state index is 13.8. The first-order chi connectivity index (χ1) is 9.51. The minimum Gasteiger partial charge on any atom is -0.490 e. The van der Waals surface area contributed by atoms with Gasteiger partial charge in [-0.3, -0.25) is 10.1 Å². The van der Waals surface area contributed by atoms with Crippen molar-refractivity contribution in [2.75, 3.05) is 7.11 Å². The zero-order valence-corrected chi connectivity index (χ0v) is 12.5. The van der Waals surface area contributed by atoms with E-state index in [0.29, 0.717) is 5.75 Å². The second-order valence-corrected chi connectivity index (χ2v) is 5.02. The van der Waals surface area contributed by atoms with Gasteiger partial charge in [0.25, 0.3) is 0 Å². The molecule has 0 bridgehead atoms. The molecule has 20 heavy (non-hydrogen) atoms. The average Bonchev–Trinajstić information content (AvgIpc) is 2.40. The van der Waals surface area contributed by atoms with Crippen LogP contribution in [0, 0.1) is 19.5 Å². The number of nitro benzene ring substituents is 1. The van der Waals surface area contributed by atoms with Crippen LogP contribution < -0.4 is 9.47 Å². The van der Waals surface area contributed by atoms with E-state index in [0.717, 1.165) is 15.7 Å². The monoisotopic (exact) mass is 389 g/mol. The highest BCUT2D eigenvalue weighted by Gasteiger charge is 2.20. The zero-order valence-electron chi connectivity index (χ0n) is 10.3. The van der Waals surface area contributed by atoms with Crippen molar-refractivity contribution in [2.24, 2.45) is 0 Å². The van der Waals surface area contributed by atoms with E-state index < -0.39 is 16.4 Å². The molecule has 2 aromatic rings. The van der Waals surface area contributed by atoms with Crippen LogP contribution in [0.2, 0.25) is 0 Å². The Morgan fingerprint density at radius 2 is 2.00 bits per heavy atom. The van der Waals surface area contributed by atoms with Crippen LogP contribution in [0.1, 0.15) is 0 Å². The SMILES string of the molecule is COc1cc(Oc2cccc(I)c2)c(F)cc1[N+](=O)[O-]. The van der Waals surface area contributed by atoms with Gasteiger partial charge in [0.2, 0.25) is 5.75 Å². The molecule has 0 saturated carbocycles. The number of benzene rings is 2. The predicted octanol–water partition coefficient (Wildman–Crippen LogP) is 4.14. The van der Waals surface area contributed by atoms with Crippen LogP contribution in [0.25, 0.3) is 0 Å². The molecule has 0 heterocycles. The number of nitro groups is 1. The molecule has 0 amide bonds. The molecule has 0 N–H and O–H groups in total. The standard InChI is InChI=1S/C13H9FINO4/c1-19-13-7-12(10(14)6-11(13)16(17)18)20-9-4-2-3-8(15)5-9/h2-7H,1H3. The summed E-state index contributed by atoms with van der Waals surface area (Å²) in [5, 5.41) is 10.8. The van der Waals surface area contributed by atoms with E-state index in [-0.39, 0.29) is 11.5 Å². The van der Waals surface area contributed by atoms with Crippen molar-refractivity contribution in [1.82, 2.24) is 0 Å². The van der Waals surface area contributed by atoms with Gasteiger partial charge in [-0.25, -0.2) is 4.39 Å². The number of nitrogens with zero attached hydrogens (tertiary/aromatic N) is 1. The normalized spacial score (nSPS) is 10.2. The molecule has 0 radical (unpaired) electrons. The second kappa shape index (κ2) is 6.04. The lowest BCUT2D eigenvalue weighted by atomic mass is 10.2. The molecule has 0 aliphatic rings. The fraction of sp³-hybridized carbons (Fsp3) is 0.0769. The van der Waals surface area contributed by atoms with Gasteiger partial charge in [0.1, 0.15) is 5.75 Å². The van der Waals surface area contributed by atoms with Gasteiger partial charge in [-0.1, -0.05) is 6.07 Å². The fourth-order valence-electron chi connectivity index (χ4n) is 1.57. The molecule has 0 spiro atoms. The van der Waals surface area contributed by atoms with E-state index >= 15 is 0 Å². The highest BCUT2D eigenvalue weighted by atomic mass is 127. The van der Waals surface area contributed by atoms with E-state index in [2.05, 4.69) is 22.6 Å². The zero-order chi connectivity index (χ0) is 14.7. The van der Waals surface area contributed by atoms with E-state index in [9.17, 15) is 14.5 Å². The van der Waals surface area contributed by atoms with E-state index in [4.69, 9.17) is 9.47 Å². The van der Waals surface area contributed by atoms with Crippen LogP contribution >= 0.6 is 22.6 Å². The summed E-state index contributed by atoms with van der Waals surface area (Å²) in [4.78, 5) is 10.1. The van der Waals surface area contributed by atoms with Crippen molar-refractivity contribution in [3.63, 3.8) is 0 Å². The van der Waals surface area contributed by atoms with Crippen LogP contribution in [0.15, 0.2) is 36.4 Å². The molecule has 104 valence electrons. The van der Waals surface area contributed by atoms with E-state index in [1.807, 2.05) is 6.07 Å². The summed E-state index contributed by atoms with van der Waals surface area (Å²) < 4.78 is 25.0. The Labute approximate surface area is 127 Å². The first-order valence-corrected chi connectivity index (χ1v) is 6.54. The van der Waals surface area contributed by atoms with Gasteiger partial charge in [-0.2, -0.15) is 0 Å². The molecule has 0 atom stereocenters. The molecule has 7 heteroatoms. The Balaban J connectivity index is 2.40. The van der Waals surface area contributed by atoms with Crippen LogP contribution in [0.3, 0.4) is 0 Å². The van der Waals surface area contributed by atoms with Gasteiger partial charge in [0.05, 0.1) is 18.1 Å². The van der Waals surface area contributed by atoms with Crippen LogP contribution in [0.4, 0.5) is 10.1 Å². The molecule has 0 fully saturated rings. The maximum Gasteiger partial charge on any atom is 0.314 e. The van der Waals surface area contributed by atoms with Gasteiger partial charge in [0, 0.05) is 9.64 Å². The van der Waals surface area contributed by atoms with Gasteiger partial charge in [-0.15, -0.1) is 0 Å². The fourth-order valence-corrected chi connectivity index (χ4v) is 2.08. The van der Waals surface area contributed by atoms with Crippen LogP contribution in [-0.4, -0.2) is 12.0 Å². The first-order valence-electron chi connectivity index (χ1n) is 5.46. The third-order valence-electron chi connectivity index (χ3n) is 2.45. The van der Waals surface area contributed by atoms with E-state index in [1.54, 1.807) is 18.2 Å². The number of hydrogen-bond acceptors (Lipinski definition) is 4. The number of rotatable bonds is 4. The smallest absolute Gasteiger partial charge is 0.314 e. The van der Waals surface area contributed by atoms with Crippen molar-refractivity contribution in [2.45, 2.75) is 0 Å². The molecule has 0 aliphatic heterocycles. The minimum atomic E-state index is -0.823. The maximum absolute atomic E-state index is 13.8. The van der Waals surface area contributed by atoms with Crippen molar-refractivity contribution >= 4 is 28.3 Å². The molecule has 2 rings (SSSR count). The van der Waals surface area contributed by atoms with Gasteiger partial charge in [-0.05, 0) is 40.8 Å². The van der Waals surface area contributed by atoms with Gasteiger partial charge in [0.15, 0.2) is 11.6 Å². The predicted molar refractivity (Wildman–Crippen MR) is 78.8 cm³/mol. The average molecular weight is 389 g/mol. The topological polar surface area (TPSA) is 61.6 Å². The van der Waals surface area contributed by atoms with Crippen molar-refractivity contribution in [1.29, 1.82) is 0 Å². The van der Waals surface area contributed by atoms with E-state index in [1.165, 1.54) is 7.11 Å². The number of ether oxygens (including phenoxy) is 2. The third-order valence-corrected chi connectivity index (χ3v) is 3.12. The third kappa shape index (κ3) is 3.16. The van der Waals surface area contributed by atoms with Crippen molar-refractivity contribution in [3.05, 3.63) is 55.9 Å². The Hall–Kier alpha value is -1.90. The number of methoxy groups -OCH3 is 1. The Morgan fingerprint density at radius 1 is 1.25 bits per heavy atom. The minimum absolute atomic E-state index is 0.0583. The largest absolute Gasteiger partial charge is 0.490 e. The van der Waals surface area contributed by atoms with Crippen molar-refractivity contribution in [3.8, 4) is 17.2 Å². The molecule has 5 nitrogen and oxygen atoms in total. The summed E-state index contributed by atoms with van der Waals surface area (Å²) in [5.41, 5.74) is -0.444. The number of hydrogen-bond donors (Lipinski definition) is 0. The van der Waals surface area contributed by atoms with Gasteiger partial charge < -0.3 is 9.47 Å². The summed E-state index contributed by atoms with van der Waals surface area (Å²) in [7, 11) is 1.27. The quantitative estimate of drug-likeness (QED) is 0.448. The first kappa shape index (κ1) is 14.5. The second-order valence-electron chi connectivity index (χ2n) is 3.77. The van der Waals surface area contributed by atoms with Crippen molar-refractivity contribution < 1.29 is 18.8 Å². The molecular weight excluding hydrogens is 380 g/mol. The summed E-state index contributed by atoms with van der Waals surface area (Å²) in [6, 6.07) is 8.94. The lowest BCUT2D eigenvalue weighted by molar-refractivity contribution is -0.386. The van der Waals surface area contributed by atoms with Crippen LogP contribution in [0.5, 0.6) is 17.2 Å². The van der Waals surface area contributed by atoms with Crippen LogP contribution in [-0.2, 0) is 0 Å². The molecule has 0 saturated heterocycles. The summed E-state index contributed by atoms with van der Waals surface area (Å²) >= 11 is 2.10. The summed E-state index contributed by atoms with van der Waals surface area (Å²) in [5.74, 6) is -0.574. The molecule has 0 aromatic heterocycles.